The maximum Gasteiger partial charge on any atom is 0.333 e. The molecule has 5 heteroatoms. The van der Waals surface area contributed by atoms with Crippen molar-refractivity contribution in [2.24, 2.45) is 0 Å². The van der Waals surface area contributed by atoms with E-state index in [0.717, 1.165) is 17.7 Å². The van der Waals surface area contributed by atoms with Gasteiger partial charge in [-0.15, -0.1) is 0 Å². The molecule has 0 spiro atoms. The molecule has 0 N–H and O–H groups in total. The summed E-state index contributed by atoms with van der Waals surface area (Å²) in [6, 6.07) is 8.05. The van der Waals surface area contributed by atoms with E-state index in [9.17, 15) is 4.79 Å². The van der Waals surface area contributed by atoms with Crippen LogP contribution in [0.4, 0.5) is 0 Å². The number of carbonyl (C=O) groups excluding carboxylic acids is 1. The Hall–Kier alpha value is -2.63. The SMILES string of the molecule is C=C(C)C(=O)OCC1COC(c2ccc(C=CC3=CCN(C)C=C3)cc2)O1. The van der Waals surface area contributed by atoms with E-state index < -0.39 is 12.3 Å². The topological polar surface area (TPSA) is 48.0 Å². The van der Waals surface area contributed by atoms with Gasteiger partial charge in [-0.3, -0.25) is 0 Å². The lowest BCUT2D eigenvalue weighted by Gasteiger charge is -2.15. The lowest BCUT2D eigenvalue weighted by Crippen LogP contribution is -2.20. The molecule has 2 aliphatic rings. The highest BCUT2D eigenvalue weighted by molar-refractivity contribution is 5.86. The molecule has 0 aliphatic carbocycles. The number of hydrogen-bond donors (Lipinski definition) is 0. The molecule has 0 bridgehead atoms. The average Bonchev–Trinajstić information content (AvgIpc) is 3.15. The highest BCUT2D eigenvalue weighted by Gasteiger charge is 2.28. The molecule has 1 aromatic carbocycles. The van der Waals surface area contributed by atoms with Crippen molar-refractivity contribution in [1.82, 2.24) is 4.90 Å². The predicted octanol–water partition coefficient (Wildman–Crippen LogP) is 3.62. The van der Waals surface area contributed by atoms with Crippen molar-refractivity contribution < 1.29 is 19.0 Å². The van der Waals surface area contributed by atoms with Crippen LogP contribution in [0.1, 0.15) is 24.3 Å². The number of allylic oxidation sites excluding steroid dienone is 3. The molecule has 27 heavy (non-hydrogen) atoms. The molecule has 1 saturated heterocycles. The van der Waals surface area contributed by atoms with E-state index in [1.54, 1.807) is 6.92 Å². The minimum Gasteiger partial charge on any atom is -0.459 e. The smallest absolute Gasteiger partial charge is 0.333 e. The molecule has 2 heterocycles. The summed E-state index contributed by atoms with van der Waals surface area (Å²) in [6.45, 7) is 6.66. The van der Waals surface area contributed by atoms with Gasteiger partial charge in [-0.2, -0.15) is 0 Å². The van der Waals surface area contributed by atoms with Crippen LogP contribution in [0.5, 0.6) is 0 Å². The van der Waals surface area contributed by atoms with Crippen molar-refractivity contribution >= 4 is 12.0 Å². The monoisotopic (exact) mass is 367 g/mol. The second-order valence-corrected chi connectivity index (χ2v) is 6.76. The summed E-state index contributed by atoms with van der Waals surface area (Å²) in [5, 5.41) is 0. The fourth-order valence-electron chi connectivity index (χ4n) is 2.67. The number of esters is 1. The lowest BCUT2D eigenvalue weighted by molar-refractivity contribution is -0.143. The molecule has 1 aromatic rings. The van der Waals surface area contributed by atoms with Crippen LogP contribution >= 0.6 is 0 Å². The molecule has 142 valence electrons. The van der Waals surface area contributed by atoms with Gasteiger partial charge < -0.3 is 19.1 Å². The Balaban J connectivity index is 1.51. The molecule has 0 amide bonds. The van der Waals surface area contributed by atoms with E-state index in [2.05, 4.69) is 49.0 Å². The molecule has 2 unspecified atom stereocenters. The number of hydrogen-bond acceptors (Lipinski definition) is 5. The first-order chi connectivity index (χ1) is 13.0. The van der Waals surface area contributed by atoms with Gasteiger partial charge in [-0.25, -0.2) is 4.79 Å². The predicted molar refractivity (Wildman–Crippen MR) is 105 cm³/mol. The Morgan fingerprint density at radius 2 is 2.11 bits per heavy atom. The van der Waals surface area contributed by atoms with Crippen LogP contribution in [0.15, 0.2) is 66.4 Å². The van der Waals surface area contributed by atoms with Crippen LogP contribution < -0.4 is 0 Å². The van der Waals surface area contributed by atoms with Crippen LogP contribution in [0, 0.1) is 0 Å². The van der Waals surface area contributed by atoms with E-state index in [1.165, 1.54) is 5.57 Å². The zero-order valence-electron chi connectivity index (χ0n) is 15.8. The third-order valence-electron chi connectivity index (χ3n) is 4.31. The molecule has 3 rings (SSSR count). The standard InChI is InChI=1S/C22H25NO4/c1-16(2)21(24)25-14-20-15-26-22(27-20)19-8-6-17(7-9-19)4-5-18-10-12-23(3)13-11-18/h4-12,20,22H,1,13-15H2,2-3H3. The first kappa shape index (κ1) is 19.1. The fourth-order valence-corrected chi connectivity index (χ4v) is 2.67. The number of benzene rings is 1. The lowest BCUT2D eigenvalue weighted by atomic mass is 10.1. The average molecular weight is 367 g/mol. The Bertz CT molecular complexity index is 776. The number of ether oxygens (including phenoxy) is 3. The zero-order chi connectivity index (χ0) is 19.2. The van der Waals surface area contributed by atoms with Crippen LogP contribution in [-0.2, 0) is 19.0 Å². The number of nitrogens with zero attached hydrogens (tertiary/aromatic N) is 1. The highest BCUT2D eigenvalue weighted by atomic mass is 16.7. The van der Waals surface area contributed by atoms with E-state index in [1.807, 2.05) is 24.3 Å². The quantitative estimate of drug-likeness (QED) is 0.568. The van der Waals surface area contributed by atoms with E-state index in [0.29, 0.717) is 12.2 Å². The highest BCUT2D eigenvalue weighted by Crippen LogP contribution is 2.27. The summed E-state index contributed by atoms with van der Waals surface area (Å²) in [7, 11) is 2.05. The summed E-state index contributed by atoms with van der Waals surface area (Å²) in [5.74, 6) is -0.409. The van der Waals surface area contributed by atoms with Gasteiger partial charge in [0.25, 0.3) is 0 Å². The minimum atomic E-state index is -0.434. The van der Waals surface area contributed by atoms with Gasteiger partial charge in [0, 0.05) is 24.7 Å². The van der Waals surface area contributed by atoms with Crippen molar-refractivity contribution in [2.45, 2.75) is 19.3 Å². The Morgan fingerprint density at radius 1 is 1.33 bits per heavy atom. The molecule has 2 atom stereocenters. The van der Waals surface area contributed by atoms with Crippen LogP contribution in [0.3, 0.4) is 0 Å². The Labute approximate surface area is 160 Å². The van der Waals surface area contributed by atoms with E-state index in [4.69, 9.17) is 14.2 Å². The second-order valence-electron chi connectivity index (χ2n) is 6.76. The van der Waals surface area contributed by atoms with E-state index in [-0.39, 0.29) is 12.7 Å². The summed E-state index contributed by atoms with van der Waals surface area (Å²) in [5.41, 5.74) is 3.63. The molecule has 5 nitrogen and oxygen atoms in total. The number of likely N-dealkylation sites (N-methyl/N-ethyl adjacent to an activating group) is 1. The van der Waals surface area contributed by atoms with Gasteiger partial charge in [0.1, 0.15) is 12.7 Å². The molecule has 2 aliphatic heterocycles. The first-order valence-corrected chi connectivity index (χ1v) is 8.97. The maximum absolute atomic E-state index is 11.4. The molecule has 1 fully saturated rings. The number of rotatable bonds is 6. The van der Waals surface area contributed by atoms with Gasteiger partial charge in [0.15, 0.2) is 6.29 Å². The minimum absolute atomic E-state index is 0.167. The normalized spacial score (nSPS) is 22.1. The fraction of sp³-hybridized carbons (Fsp3) is 0.318. The third-order valence-corrected chi connectivity index (χ3v) is 4.31. The van der Waals surface area contributed by atoms with Crippen molar-refractivity contribution in [2.75, 3.05) is 26.8 Å². The summed E-state index contributed by atoms with van der Waals surface area (Å²) < 4.78 is 16.6. The van der Waals surface area contributed by atoms with E-state index >= 15 is 0 Å². The maximum atomic E-state index is 11.4. The Morgan fingerprint density at radius 3 is 2.78 bits per heavy atom. The zero-order valence-corrected chi connectivity index (χ0v) is 15.8. The largest absolute Gasteiger partial charge is 0.459 e. The molecular weight excluding hydrogens is 342 g/mol. The van der Waals surface area contributed by atoms with Crippen molar-refractivity contribution in [3.8, 4) is 0 Å². The van der Waals surface area contributed by atoms with Gasteiger partial charge in [-0.1, -0.05) is 49.1 Å². The molecular formula is C22H25NO4. The van der Waals surface area contributed by atoms with Gasteiger partial charge in [0.05, 0.1) is 6.61 Å². The van der Waals surface area contributed by atoms with Crippen molar-refractivity contribution in [3.05, 3.63) is 77.5 Å². The van der Waals surface area contributed by atoms with Gasteiger partial charge in [-0.05, 0) is 30.3 Å². The van der Waals surface area contributed by atoms with Crippen molar-refractivity contribution in [3.63, 3.8) is 0 Å². The van der Waals surface area contributed by atoms with Crippen LogP contribution in [-0.4, -0.2) is 43.8 Å². The van der Waals surface area contributed by atoms with Gasteiger partial charge >= 0.3 is 5.97 Å². The summed E-state index contributed by atoms with van der Waals surface area (Å²) in [4.78, 5) is 13.6. The number of carbonyl (C=O) groups is 1. The van der Waals surface area contributed by atoms with Gasteiger partial charge in [0.2, 0.25) is 0 Å². The summed E-state index contributed by atoms with van der Waals surface area (Å²) >= 11 is 0. The van der Waals surface area contributed by atoms with Crippen LogP contribution in [0.2, 0.25) is 0 Å². The third kappa shape index (κ3) is 5.42. The second kappa shape index (κ2) is 8.84. The molecule has 0 saturated carbocycles. The molecule has 0 radical (unpaired) electrons. The summed E-state index contributed by atoms with van der Waals surface area (Å²) in [6.07, 6.45) is 9.84. The van der Waals surface area contributed by atoms with Crippen molar-refractivity contribution in [1.29, 1.82) is 0 Å². The Kier molecular flexibility index (Phi) is 6.27. The first-order valence-electron chi connectivity index (χ1n) is 8.97. The van der Waals surface area contributed by atoms with Crippen LogP contribution in [0.25, 0.3) is 6.08 Å². The molecule has 0 aromatic heterocycles.